The molecule has 2 atom stereocenters. The van der Waals surface area contributed by atoms with Crippen molar-refractivity contribution < 1.29 is 4.79 Å². The molecule has 0 aromatic carbocycles. The molecule has 0 bridgehead atoms. The lowest BCUT2D eigenvalue weighted by molar-refractivity contribution is -0.123. The molecule has 0 saturated heterocycles. The second-order valence-electron chi connectivity index (χ2n) is 4.32. The van der Waals surface area contributed by atoms with Gasteiger partial charge in [0.05, 0.1) is 6.04 Å². The highest BCUT2D eigenvalue weighted by atomic mass is 32.1. The number of nitrogens with one attached hydrogen (secondary N) is 2. The Labute approximate surface area is 108 Å². The monoisotopic (exact) mass is 254 g/mol. The van der Waals surface area contributed by atoms with Crippen LogP contribution in [0.5, 0.6) is 0 Å². The van der Waals surface area contributed by atoms with Crippen molar-refractivity contribution in [2.75, 3.05) is 6.54 Å². The molecule has 0 aliphatic heterocycles. The van der Waals surface area contributed by atoms with E-state index in [-0.39, 0.29) is 18.0 Å². The van der Waals surface area contributed by atoms with E-state index in [1.54, 1.807) is 11.3 Å². The van der Waals surface area contributed by atoms with Crippen LogP contribution < -0.4 is 10.6 Å². The average molecular weight is 254 g/mol. The maximum Gasteiger partial charge on any atom is 0.237 e. The van der Waals surface area contributed by atoms with E-state index in [9.17, 15) is 4.79 Å². The Kier molecular flexibility index (Phi) is 6.22. The number of hydrogen-bond acceptors (Lipinski definition) is 3. The third-order valence-corrected chi connectivity index (χ3v) is 3.73. The Balaban J connectivity index is 2.20. The SMILES string of the molecule is CCC(C)NC(=O)C(C)NCCc1cccs1. The fraction of sp³-hybridized carbons (Fsp3) is 0.615. The lowest BCUT2D eigenvalue weighted by Crippen LogP contribution is -2.45. The predicted molar refractivity (Wildman–Crippen MR) is 73.4 cm³/mol. The smallest absolute Gasteiger partial charge is 0.237 e. The quantitative estimate of drug-likeness (QED) is 0.783. The summed E-state index contributed by atoms with van der Waals surface area (Å²) in [7, 11) is 0. The summed E-state index contributed by atoms with van der Waals surface area (Å²) >= 11 is 1.76. The van der Waals surface area contributed by atoms with Crippen LogP contribution in [0.2, 0.25) is 0 Å². The molecule has 0 fully saturated rings. The lowest BCUT2D eigenvalue weighted by Gasteiger charge is -2.17. The van der Waals surface area contributed by atoms with Crippen molar-refractivity contribution in [3.05, 3.63) is 22.4 Å². The van der Waals surface area contributed by atoms with E-state index in [0.29, 0.717) is 0 Å². The van der Waals surface area contributed by atoms with Crippen molar-refractivity contribution in [2.45, 2.75) is 45.7 Å². The van der Waals surface area contributed by atoms with Crippen LogP contribution in [0.15, 0.2) is 17.5 Å². The van der Waals surface area contributed by atoms with E-state index in [2.05, 4.69) is 35.1 Å². The fourth-order valence-electron chi connectivity index (χ4n) is 1.43. The first-order valence-corrected chi connectivity index (χ1v) is 7.07. The molecule has 1 aromatic heterocycles. The summed E-state index contributed by atoms with van der Waals surface area (Å²) in [5, 5.41) is 8.30. The summed E-state index contributed by atoms with van der Waals surface area (Å²) in [5.41, 5.74) is 0. The maximum atomic E-state index is 11.7. The van der Waals surface area contributed by atoms with Crippen LogP contribution in [0.1, 0.15) is 32.1 Å². The zero-order chi connectivity index (χ0) is 12.7. The Bertz CT molecular complexity index is 324. The van der Waals surface area contributed by atoms with E-state index < -0.39 is 0 Å². The second kappa shape index (κ2) is 7.45. The Morgan fingerprint density at radius 3 is 2.82 bits per heavy atom. The van der Waals surface area contributed by atoms with Crippen LogP contribution in [0.25, 0.3) is 0 Å². The predicted octanol–water partition coefficient (Wildman–Crippen LogP) is 2.18. The molecule has 4 heteroatoms. The Morgan fingerprint density at radius 2 is 2.24 bits per heavy atom. The molecule has 17 heavy (non-hydrogen) atoms. The van der Waals surface area contributed by atoms with E-state index in [1.165, 1.54) is 4.88 Å². The number of rotatable bonds is 7. The first-order chi connectivity index (χ1) is 8.13. The van der Waals surface area contributed by atoms with E-state index in [0.717, 1.165) is 19.4 Å². The van der Waals surface area contributed by atoms with Crippen LogP contribution in [0, 0.1) is 0 Å². The fourth-order valence-corrected chi connectivity index (χ4v) is 2.14. The highest BCUT2D eigenvalue weighted by molar-refractivity contribution is 7.09. The third kappa shape index (κ3) is 5.33. The number of carbonyl (C=O) groups is 1. The molecule has 3 nitrogen and oxygen atoms in total. The van der Waals surface area contributed by atoms with Crippen molar-refractivity contribution in [1.82, 2.24) is 10.6 Å². The van der Waals surface area contributed by atoms with Gasteiger partial charge in [-0.1, -0.05) is 13.0 Å². The van der Waals surface area contributed by atoms with Crippen molar-refractivity contribution in [3.8, 4) is 0 Å². The van der Waals surface area contributed by atoms with Crippen LogP contribution in [-0.4, -0.2) is 24.5 Å². The molecular formula is C13H22N2OS. The minimum atomic E-state index is -0.121. The van der Waals surface area contributed by atoms with Gasteiger partial charge >= 0.3 is 0 Å². The van der Waals surface area contributed by atoms with Crippen molar-refractivity contribution in [3.63, 3.8) is 0 Å². The molecule has 1 heterocycles. The van der Waals surface area contributed by atoms with Crippen LogP contribution >= 0.6 is 11.3 Å². The Morgan fingerprint density at radius 1 is 1.47 bits per heavy atom. The van der Waals surface area contributed by atoms with Gasteiger partial charge in [0.2, 0.25) is 5.91 Å². The first kappa shape index (κ1) is 14.2. The van der Waals surface area contributed by atoms with Gasteiger partial charge in [0.1, 0.15) is 0 Å². The lowest BCUT2D eigenvalue weighted by atomic mass is 10.2. The molecule has 96 valence electrons. The maximum absolute atomic E-state index is 11.7. The summed E-state index contributed by atoms with van der Waals surface area (Å²) in [4.78, 5) is 13.1. The zero-order valence-corrected chi connectivity index (χ0v) is 11.6. The molecule has 1 rings (SSSR count). The largest absolute Gasteiger partial charge is 0.352 e. The molecule has 2 N–H and O–H groups in total. The second-order valence-corrected chi connectivity index (χ2v) is 5.36. The van der Waals surface area contributed by atoms with Gasteiger partial charge in [-0.3, -0.25) is 4.79 Å². The molecule has 1 amide bonds. The minimum Gasteiger partial charge on any atom is -0.352 e. The standard InChI is InChI=1S/C13H22N2OS/c1-4-10(2)15-13(16)11(3)14-8-7-12-6-5-9-17-12/h5-6,9-11,14H,4,7-8H2,1-3H3,(H,15,16). The summed E-state index contributed by atoms with van der Waals surface area (Å²) in [6.45, 7) is 6.85. The van der Waals surface area contributed by atoms with E-state index in [4.69, 9.17) is 0 Å². The molecule has 0 aliphatic rings. The highest BCUT2D eigenvalue weighted by Gasteiger charge is 2.13. The molecule has 0 radical (unpaired) electrons. The number of hydrogen-bond donors (Lipinski definition) is 2. The summed E-state index contributed by atoms with van der Waals surface area (Å²) < 4.78 is 0. The molecule has 0 saturated carbocycles. The zero-order valence-electron chi connectivity index (χ0n) is 10.8. The van der Waals surface area contributed by atoms with Crippen molar-refractivity contribution in [2.24, 2.45) is 0 Å². The van der Waals surface area contributed by atoms with Gasteiger partial charge in [0.25, 0.3) is 0 Å². The van der Waals surface area contributed by atoms with E-state index in [1.807, 2.05) is 13.8 Å². The minimum absolute atomic E-state index is 0.0885. The van der Waals surface area contributed by atoms with Gasteiger partial charge in [-0.15, -0.1) is 11.3 Å². The molecule has 0 aliphatic carbocycles. The average Bonchev–Trinajstić information content (AvgIpc) is 2.81. The number of thiophene rings is 1. The highest BCUT2D eigenvalue weighted by Crippen LogP contribution is 2.08. The summed E-state index contributed by atoms with van der Waals surface area (Å²) in [6.07, 6.45) is 1.95. The van der Waals surface area contributed by atoms with Crippen molar-refractivity contribution in [1.29, 1.82) is 0 Å². The van der Waals surface area contributed by atoms with Crippen molar-refractivity contribution >= 4 is 17.2 Å². The van der Waals surface area contributed by atoms with Gasteiger partial charge in [0, 0.05) is 17.5 Å². The third-order valence-electron chi connectivity index (χ3n) is 2.80. The van der Waals surface area contributed by atoms with Gasteiger partial charge in [-0.25, -0.2) is 0 Å². The molecule has 1 aromatic rings. The topological polar surface area (TPSA) is 41.1 Å². The summed E-state index contributed by atoms with van der Waals surface area (Å²) in [6, 6.07) is 4.31. The Hall–Kier alpha value is -0.870. The van der Waals surface area contributed by atoms with Gasteiger partial charge < -0.3 is 10.6 Å². The van der Waals surface area contributed by atoms with Crippen LogP contribution in [-0.2, 0) is 11.2 Å². The van der Waals surface area contributed by atoms with E-state index >= 15 is 0 Å². The van der Waals surface area contributed by atoms with Gasteiger partial charge in [0.15, 0.2) is 0 Å². The normalized spacial score (nSPS) is 14.3. The molecule has 0 spiro atoms. The number of amides is 1. The van der Waals surface area contributed by atoms with Crippen LogP contribution in [0.3, 0.4) is 0 Å². The van der Waals surface area contributed by atoms with Gasteiger partial charge in [-0.2, -0.15) is 0 Å². The molecule has 2 unspecified atom stereocenters. The summed E-state index contributed by atoms with van der Waals surface area (Å²) in [5.74, 6) is 0.0885. The van der Waals surface area contributed by atoms with Gasteiger partial charge in [-0.05, 0) is 38.1 Å². The van der Waals surface area contributed by atoms with Crippen LogP contribution in [0.4, 0.5) is 0 Å². The number of carbonyl (C=O) groups excluding carboxylic acids is 1. The molecular weight excluding hydrogens is 232 g/mol. The first-order valence-electron chi connectivity index (χ1n) is 6.19.